The van der Waals surface area contributed by atoms with Gasteiger partial charge in [0.2, 0.25) is 0 Å². The van der Waals surface area contributed by atoms with Crippen molar-refractivity contribution in [3.05, 3.63) is 23.8 Å². The lowest BCUT2D eigenvalue weighted by Gasteiger charge is -2.04. The molecule has 12 heavy (non-hydrogen) atoms. The largest absolute Gasteiger partial charge is 0.398 e. The van der Waals surface area contributed by atoms with E-state index in [1.54, 1.807) is 11.8 Å². The molecule has 1 aliphatic rings. The van der Waals surface area contributed by atoms with E-state index in [1.165, 1.54) is 23.3 Å². The van der Waals surface area contributed by atoms with Crippen LogP contribution < -0.4 is 5.73 Å². The van der Waals surface area contributed by atoms with Crippen LogP contribution >= 0.6 is 11.8 Å². The maximum absolute atomic E-state index is 5.80. The van der Waals surface area contributed by atoms with Gasteiger partial charge in [0, 0.05) is 10.6 Å². The molecule has 2 N–H and O–H groups in total. The van der Waals surface area contributed by atoms with E-state index in [9.17, 15) is 0 Å². The number of benzene rings is 1. The van der Waals surface area contributed by atoms with Crippen molar-refractivity contribution in [3.8, 4) is 0 Å². The fourth-order valence-electron chi connectivity index (χ4n) is 1.40. The molecule has 1 fully saturated rings. The van der Waals surface area contributed by atoms with Crippen LogP contribution in [0.5, 0.6) is 0 Å². The molecule has 0 bridgehead atoms. The first-order valence-corrected chi connectivity index (χ1v) is 5.47. The Bertz CT molecular complexity index is 292. The average Bonchev–Trinajstić information content (AvgIpc) is 2.88. The first-order valence-electron chi connectivity index (χ1n) is 4.24. The Morgan fingerprint density at radius 3 is 2.75 bits per heavy atom. The Balaban J connectivity index is 2.33. The minimum Gasteiger partial charge on any atom is -0.398 e. The van der Waals surface area contributed by atoms with Crippen molar-refractivity contribution in [3.63, 3.8) is 0 Å². The minimum absolute atomic E-state index is 0.830. The number of hydrogen-bond acceptors (Lipinski definition) is 2. The molecule has 64 valence electrons. The molecule has 0 atom stereocenters. The number of thioether (sulfide) groups is 1. The van der Waals surface area contributed by atoms with Crippen molar-refractivity contribution in [2.75, 3.05) is 12.0 Å². The second kappa shape index (κ2) is 3.02. The lowest BCUT2D eigenvalue weighted by atomic mass is 10.1. The molecule has 2 heteroatoms. The first-order chi connectivity index (χ1) is 5.81. The number of nitrogen functional groups attached to an aromatic ring is 1. The third kappa shape index (κ3) is 1.44. The third-order valence-electron chi connectivity index (χ3n) is 2.31. The fourth-order valence-corrected chi connectivity index (χ4v) is 1.96. The summed E-state index contributed by atoms with van der Waals surface area (Å²) < 4.78 is 0. The molecule has 1 aliphatic carbocycles. The highest BCUT2D eigenvalue weighted by Gasteiger charge is 2.23. The lowest BCUT2D eigenvalue weighted by Crippen LogP contribution is -1.89. The molecule has 0 radical (unpaired) electrons. The molecular weight excluding hydrogens is 166 g/mol. The summed E-state index contributed by atoms with van der Waals surface area (Å²) in [6, 6.07) is 6.42. The van der Waals surface area contributed by atoms with Gasteiger partial charge in [-0.15, -0.1) is 11.8 Å². The molecule has 1 saturated carbocycles. The minimum atomic E-state index is 0.830. The van der Waals surface area contributed by atoms with E-state index in [4.69, 9.17) is 5.73 Å². The van der Waals surface area contributed by atoms with E-state index in [-0.39, 0.29) is 0 Å². The highest BCUT2D eigenvalue weighted by atomic mass is 32.2. The van der Waals surface area contributed by atoms with Gasteiger partial charge in [-0.25, -0.2) is 0 Å². The normalized spacial score (nSPS) is 16.4. The summed E-state index contributed by atoms with van der Waals surface area (Å²) in [6.45, 7) is 0. The summed E-state index contributed by atoms with van der Waals surface area (Å²) in [6.07, 6.45) is 4.79. The Hall–Kier alpha value is -0.630. The van der Waals surface area contributed by atoms with Crippen LogP contribution in [-0.4, -0.2) is 6.26 Å². The molecular formula is C10H13NS. The van der Waals surface area contributed by atoms with Gasteiger partial charge in [0.1, 0.15) is 0 Å². The van der Waals surface area contributed by atoms with Crippen molar-refractivity contribution in [2.45, 2.75) is 23.7 Å². The van der Waals surface area contributed by atoms with Gasteiger partial charge in [0.15, 0.2) is 0 Å². The van der Waals surface area contributed by atoms with Crippen LogP contribution in [0.1, 0.15) is 24.3 Å². The summed E-state index contributed by atoms with van der Waals surface area (Å²) in [7, 11) is 0. The third-order valence-corrected chi connectivity index (χ3v) is 3.10. The number of anilines is 1. The molecule has 0 unspecified atom stereocenters. The van der Waals surface area contributed by atoms with Crippen LogP contribution in [0, 0.1) is 0 Å². The van der Waals surface area contributed by atoms with Gasteiger partial charge in [-0.05, 0) is 42.7 Å². The summed E-state index contributed by atoms with van der Waals surface area (Å²) in [5, 5.41) is 0. The topological polar surface area (TPSA) is 26.0 Å². The quantitative estimate of drug-likeness (QED) is 0.558. The van der Waals surface area contributed by atoms with Crippen molar-refractivity contribution >= 4 is 17.4 Å². The van der Waals surface area contributed by atoms with Gasteiger partial charge >= 0.3 is 0 Å². The van der Waals surface area contributed by atoms with Crippen LogP contribution in [0.2, 0.25) is 0 Å². The smallest absolute Gasteiger partial charge is 0.0452 e. The van der Waals surface area contributed by atoms with E-state index in [0.29, 0.717) is 0 Å². The van der Waals surface area contributed by atoms with Crippen LogP contribution in [0.15, 0.2) is 23.1 Å². The number of nitrogens with two attached hydrogens (primary N) is 1. The SMILES string of the molecule is CSc1cc(C2CC2)ccc1N. The number of rotatable bonds is 2. The predicted octanol–water partition coefficient (Wildman–Crippen LogP) is 2.87. The zero-order valence-corrected chi connectivity index (χ0v) is 8.03. The molecule has 0 aliphatic heterocycles. The zero-order valence-electron chi connectivity index (χ0n) is 7.21. The van der Waals surface area contributed by atoms with E-state index in [0.717, 1.165) is 11.6 Å². The van der Waals surface area contributed by atoms with Crippen molar-refractivity contribution in [2.24, 2.45) is 0 Å². The van der Waals surface area contributed by atoms with Gasteiger partial charge in [0.25, 0.3) is 0 Å². The van der Waals surface area contributed by atoms with E-state index in [2.05, 4.69) is 18.4 Å². The lowest BCUT2D eigenvalue weighted by molar-refractivity contribution is 1.11. The average molecular weight is 179 g/mol. The summed E-state index contributed by atoms with van der Waals surface area (Å²) in [4.78, 5) is 1.22. The van der Waals surface area contributed by atoms with Crippen LogP contribution in [0.4, 0.5) is 5.69 Å². The standard InChI is InChI=1S/C10H13NS/c1-12-10-6-8(7-2-3-7)4-5-9(10)11/h4-7H,2-3,11H2,1H3. The molecule has 0 spiro atoms. The Morgan fingerprint density at radius 1 is 1.42 bits per heavy atom. The van der Waals surface area contributed by atoms with E-state index in [1.807, 2.05) is 6.07 Å². The summed E-state index contributed by atoms with van der Waals surface area (Å²) in [5.74, 6) is 0.830. The van der Waals surface area contributed by atoms with Gasteiger partial charge in [0.05, 0.1) is 0 Å². The Labute approximate surface area is 77.3 Å². The zero-order chi connectivity index (χ0) is 8.55. The van der Waals surface area contributed by atoms with Crippen molar-refractivity contribution in [1.29, 1.82) is 0 Å². The summed E-state index contributed by atoms with van der Waals surface area (Å²) >= 11 is 1.73. The van der Waals surface area contributed by atoms with Crippen LogP contribution in [0.25, 0.3) is 0 Å². The molecule has 1 aromatic carbocycles. The second-order valence-corrected chi connectivity index (χ2v) is 4.12. The predicted molar refractivity (Wildman–Crippen MR) is 54.6 cm³/mol. The molecule has 0 amide bonds. The maximum Gasteiger partial charge on any atom is 0.0452 e. The van der Waals surface area contributed by atoms with E-state index >= 15 is 0 Å². The molecule has 2 rings (SSSR count). The van der Waals surface area contributed by atoms with Crippen molar-refractivity contribution in [1.82, 2.24) is 0 Å². The monoisotopic (exact) mass is 179 g/mol. The van der Waals surface area contributed by atoms with Gasteiger partial charge in [-0.1, -0.05) is 6.07 Å². The molecule has 1 nitrogen and oxygen atoms in total. The fraction of sp³-hybridized carbons (Fsp3) is 0.400. The Morgan fingerprint density at radius 2 is 2.17 bits per heavy atom. The van der Waals surface area contributed by atoms with Gasteiger partial charge in [-0.3, -0.25) is 0 Å². The van der Waals surface area contributed by atoms with Crippen LogP contribution in [0.3, 0.4) is 0 Å². The molecule has 1 aromatic rings. The maximum atomic E-state index is 5.80. The second-order valence-electron chi connectivity index (χ2n) is 3.28. The van der Waals surface area contributed by atoms with Crippen molar-refractivity contribution < 1.29 is 0 Å². The molecule has 0 saturated heterocycles. The van der Waals surface area contributed by atoms with Crippen LogP contribution in [-0.2, 0) is 0 Å². The molecule has 0 aromatic heterocycles. The number of hydrogen-bond donors (Lipinski definition) is 1. The van der Waals surface area contributed by atoms with Gasteiger partial charge < -0.3 is 5.73 Å². The highest BCUT2D eigenvalue weighted by Crippen LogP contribution is 2.41. The molecule has 0 heterocycles. The summed E-state index contributed by atoms with van der Waals surface area (Å²) in [5.41, 5.74) is 8.18. The first kappa shape index (κ1) is 7.99. The highest BCUT2D eigenvalue weighted by molar-refractivity contribution is 7.98. The van der Waals surface area contributed by atoms with E-state index < -0.39 is 0 Å². The Kier molecular flexibility index (Phi) is 2.01. The van der Waals surface area contributed by atoms with Gasteiger partial charge in [-0.2, -0.15) is 0 Å².